The molecule has 3 nitrogen and oxygen atoms in total. The molecule has 0 unspecified atom stereocenters. The zero-order valence-corrected chi connectivity index (χ0v) is 10.3. The monoisotopic (exact) mass is 233 g/mol. The van der Waals surface area contributed by atoms with Gasteiger partial charge in [-0.3, -0.25) is 0 Å². The van der Waals surface area contributed by atoms with Gasteiger partial charge in [0, 0.05) is 38.3 Å². The predicted molar refractivity (Wildman–Crippen MR) is 42.3 cm³/mol. The fraction of sp³-hybridized carbons (Fsp3) is 0.571. The summed E-state index contributed by atoms with van der Waals surface area (Å²) in [5, 5.41) is 11.6. The Labute approximate surface area is 93.1 Å². The van der Waals surface area contributed by atoms with Gasteiger partial charge in [-0.25, -0.2) is 4.79 Å². The first-order valence-corrected chi connectivity index (χ1v) is 2.94. The van der Waals surface area contributed by atoms with Crippen LogP contribution in [0.15, 0.2) is 11.6 Å². The van der Waals surface area contributed by atoms with Gasteiger partial charge < -0.3 is 10.4 Å². The molecule has 0 aliphatic carbocycles. The summed E-state index contributed by atoms with van der Waals surface area (Å²) in [6.07, 6.45) is 1.56. The van der Waals surface area contributed by atoms with Crippen molar-refractivity contribution in [3.63, 3.8) is 0 Å². The third kappa shape index (κ3) is 17.9. The molecule has 0 aromatic heterocycles. The Balaban J connectivity index is -0.000000140. The van der Waals surface area contributed by atoms with E-state index in [0.29, 0.717) is 5.57 Å². The van der Waals surface area contributed by atoms with Crippen LogP contribution in [0.1, 0.15) is 13.8 Å². The molecular weight excluding hydrogens is 219 g/mol. The van der Waals surface area contributed by atoms with Gasteiger partial charge in [0.2, 0.25) is 0 Å². The largest absolute Gasteiger partial charge is 0.668 e. The van der Waals surface area contributed by atoms with Crippen LogP contribution < -0.4 is 0 Å². The van der Waals surface area contributed by atoms with Crippen molar-refractivity contribution in [1.29, 1.82) is 0 Å². The molecule has 0 aliphatic heterocycles. The quantitative estimate of drug-likeness (QED) is 0.700. The summed E-state index contributed by atoms with van der Waals surface area (Å²) in [7, 11) is 3.50. The number of carboxylic acids is 1. The van der Waals surface area contributed by atoms with Gasteiger partial charge in [-0.15, -0.1) is 0 Å². The van der Waals surface area contributed by atoms with Crippen LogP contribution in [-0.4, -0.2) is 25.2 Å². The Morgan fingerprint density at radius 3 is 1.73 bits per heavy atom. The Morgan fingerprint density at radius 2 is 1.73 bits per heavy atom. The molecule has 0 saturated heterocycles. The molecule has 0 heterocycles. The minimum atomic E-state index is -0.845. The first kappa shape index (κ1) is 17.4. The summed E-state index contributed by atoms with van der Waals surface area (Å²) in [5.41, 5.74) is 0.389. The fourth-order valence-electron chi connectivity index (χ4n) is 0.123. The van der Waals surface area contributed by atoms with Crippen molar-refractivity contribution in [2.24, 2.45) is 0 Å². The van der Waals surface area contributed by atoms with E-state index in [1.54, 1.807) is 34.0 Å². The number of aliphatic carboxylic acids is 1. The minimum Gasteiger partial charge on any atom is -0.668 e. The zero-order valence-electron chi connectivity index (χ0n) is 7.46. The van der Waals surface area contributed by atoms with E-state index in [0.717, 1.165) is 0 Å². The van der Waals surface area contributed by atoms with Gasteiger partial charge in [0.25, 0.3) is 0 Å². The second kappa shape index (κ2) is 12.9. The van der Waals surface area contributed by atoms with E-state index < -0.39 is 5.97 Å². The van der Waals surface area contributed by atoms with Gasteiger partial charge in [-0.05, 0) is 13.8 Å². The van der Waals surface area contributed by atoms with E-state index in [1.165, 1.54) is 0 Å². The molecule has 0 saturated carbocycles. The number of hydrogen-bond acceptors (Lipinski definition) is 1. The number of nitrogens with zero attached hydrogens (tertiary/aromatic N) is 1. The van der Waals surface area contributed by atoms with Crippen molar-refractivity contribution < 1.29 is 42.6 Å². The average molecular weight is 233 g/mol. The molecule has 11 heavy (non-hydrogen) atoms. The minimum absolute atomic E-state index is 0. The molecule has 0 aliphatic rings. The molecular formula is C7H14NO2Y-. The molecule has 0 fully saturated rings. The molecule has 1 radical (unpaired) electrons. The molecule has 0 spiro atoms. The molecule has 0 aromatic carbocycles. The third-order valence-corrected chi connectivity index (χ3v) is 0.770. The van der Waals surface area contributed by atoms with Crippen LogP contribution in [0.2, 0.25) is 0 Å². The second-order valence-corrected chi connectivity index (χ2v) is 1.72. The van der Waals surface area contributed by atoms with Crippen molar-refractivity contribution in [3.8, 4) is 0 Å². The summed E-state index contributed by atoms with van der Waals surface area (Å²) in [5.74, 6) is -0.845. The van der Waals surface area contributed by atoms with Crippen molar-refractivity contribution in [2.45, 2.75) is 13.8 Å². The molecule has 4 heteroatoms. The van der Waals surface area contributed by atoms with Crippen LogP contribution in [-0.2, 0) is 37.5 Å². The van der Waals surface area contributed by atoms with E-state index in [4.69, 9.17) is 5.11 Å². The summed E-state index contributed by atoms with van der Waals surface area (Å²) in [6.45, 7) is 3.26. The van der Waals surface area contributed by atoms with Gasteiger partial charge in [0.05, 0.1) is 0 Å². The second-order valence-electron chi connectivity index (χ2n) is 1.72. The Kier molecular flexibility index (Phi) is 20.4. The van der Waals surface area contributed by atoms with Crippen LogP contribution in [0.4, 0.5) is 0 Å². The molecule has 63 valence electrons. The molecule has 0 bridgehead atoms. The van der Waals surface area contributed by atoms with Crippen LogP contribution in [0.3, 0.4) is 0 Å². The van der Waals surface area contributed by atoms with Crippen LogP contribution in [0.5, 0.6) is 0 Å². The molecule has 1 N–H and O–H groups in total. The zero-order chi connectivity index (χ0) is 8.57. The molecule has 0 amide bonds. The molecule has 0 aromatic rings. The topological polar surface area (TPSA) is 51.4 Å². The van der Waals surface area contributed by atoms with Crippen molar-refractivity contribution in [2.75, 3.05) is 14.1 Å². The number of allylic oxidation sites excluding steroid dienone is 1. The summed E-state index contributed by atoms with van der Waals surface area (Å²) < 4.78 is 0. The number of carbonyl (C=O) groups is 1. The number of hydrogen-bond donors (Lipinski definition) is 1. The van der Waals surface area contributed by atoms with Crippen molar-refractivity contribution in [3.05, 3.63) is 17.0 Å². The Bertz CT molecular complexity index is 124. The maximum absolute atomic E-state index is 9.86. The fourth-order valence-corrected chi connectivity index (χ4v) is 0.123. The summed E-state index contributed by atoms with van der Waals surface area (Å²) in [6, 6.07) is 0. The van der Waals surface area contributed by atoms with Crippen molar-refractivity contribution >= 4 is 5.97 Å². The normalized spacial score (nSPS) is 8.91. The SMILES string of the molecule is C/C=C(\C)C(=O)O.C[N-]C.[Y]. The van der Waals surface area contributed by atoms with E-state index in [2.05, 4.69) is 5.32 Å². The van der Waals surface area contributed by atoms with Gasteiger partial charge >= 0.3 is 5.97 Å². The third-order valence-electron chi connectivity index (χ3n) is 0.770. The van der Waals surface area contributed by atoms with E-state index in [-0.39, 0.29) is 32.7 Å². The van der Waals surface area contributed by atoms with Gasteiger partial charge in [0.1, 0.15) is 0 Å². The van der Waals surface area contributed by atoms with E-state index in [9.17, 15) is 4.79 Å². The first-order chi connectivity index (χ1) is 4.59. The van der Waals surface area contributed by atoms with Crippen molar-refractivity contribution in [1.82, 2.24) is 0 Å². The standard InChI is InChI=1S/C5H8O2.C2H6N.Y/c1-3-4(2)5(6)7;1-3-2;/h3H,1-2H3,(H,6,7);1-2H3;/q;-1;/b4-3+;;. The van der Waals surface area contributed by atoms with Crippen LogP contribution in [0, 0.1) is 0 Å². The number of carboxylic acid groups (broad SMARTS) is 1. The molecule has 0 atom stereocenters. The maximum Gasteiger partial charge on any atom is 0.330 e. The smallest absolute Gasteiger partial charge is 0.330 e. The van der Waals surface area contributed by atoms with Gasteiger partial charge in [0.15, 0.2) is 0 Å². The summed E-state index contributed by atoms with van der Waals surface area (Å²) >= 11 is 0. The maximum atomic E-state index is 9.86. The van der Waals surface area contributed by atoms with E-state index in [1.807, 2.05) is 0 Å². The van der Waals surface area contributed by atoms with Gasteiger partial charge in [-0.1, -0.05) is 6.08 Å². The summed E-state index contributed by atoms with van der Waals surface area (Å²) in [4.78, 5) is 9.86. The Morgan fingerprint density at radius 1 is 1.45 bits per heavy atom. The van der Waals surface area contributed by atoms with Crippen LogP contribution in [0.25, 0.3) is 5.32 Å². The average Bonchev–Trinajstić information content (AvgIpc) is 1.88. The first-order valence-electron chi connectivity index (χ1n) is 2.94. The number of rotatable bonds is 1. The Hall–Kier alpha value is 0.274. The van der Waals surface area contributed by atoms with Crippen LogP contribution >= 0.6 is 0 Å². The molecule has 0 rings (SSSR count). The van der Waals surface area contributed by atoms with E-state index >= 15 is 0 Å². The van der Waals surface area contributed by atoms with Gasteiger partial charge in [-0.2, -0.15) is 14.1 Å². The predicted octanol–water partition coefficient (Wildman–Crippen LogP) is 1.65.